The highest BCUT2D eigenvalue weighted by atomic mass is 14.8. The van der Waals surface area contributed by atoms with Crippen LogP contribution in [0.25, 0.3) is 11.6 Å². The van der Waals surface area contributed by atoms with Gasteiger partial charge in [-0.25, -0.2) is 0 Å². The lowest BCUT2D eigenvalue weighted by Gasteiger charge is -2.29. The molecule has 1 atom stereocenters. The molecule has 1 unspecified atom stereocenters. The van der Waals surface area contributed by atoms with Gasteiger partial charge in [0.25, 0.3) is 0 Å². The van der Waals surface area contributed by atoms with E-state index in [1.165, 1.54) is 33.4 Å². The summed E-state index contributed by atoms with van der Waals surface area (Å²) in [6, 6.07) is 4.62. The van der Waals surface area contributed by atoms with Crippen molar-refractivity contribution in [1.82, 2.24) is 9.97 Å². The Labute approximate surface area is 142 Å². The number of fused-ring (bicyclic) bond motifs is 5. The Morgan fingerprint density at radius 3 is 3.00 bits per heavy atom. The Kier molecular flexibility index (Phi) is 3.08. The molecule has 1 aromatic carbocycles. The minimum absolute atomic E-state index is 0.520. The number of aromatic nitrogens is 2. The van der Waals surface area contributed by atoms with Gasteiger partial charge >= 0.3 is 0 Å². The molecular weight excluding hydrogens is 292 g/mol. The van der Waals surface area contributed by atoms with Gasteiger partial charge in [-0.05, 0) is 47.1 Å². The maximum Gasteiger partial charge on any atom is 0.0888 e. The Balaban J connectivity index is 1.67. The van der Waals surface area contributed by atoms with Crippen LogP contribution in [0.3, 0.4) is 0 Å². The summed E-state index contributed by atoms with van der Waals surface area (Å²) in [4.78, 5) is 8.75. The van der Waals surface area contributed by atoms with Gasteiger partial charge in [-0.3, -0.25) is 9.97 Å². The van der Waals surface area contributed by atoms with Crippen LogP contribution in [-0.4, -0.2) is 9.97 Å². The first-order valence-electron chi connectivity index (χ1n) is 8.59. The molecule has 0 amide bonds. The van der Waals surface area contributed by atoms with E-state index in [1.54, 1.807) is 12.4 Å². The van der Waals surface area contributed by atoms with Crippen molar-refractivity contribution in [3.8, 4) is 0 Å². The fourth-order valence-corrected chi connectivity index (χ4v) is 4.16. The Bertz CT molecular complexity index is 930. The summed E-state index contributed by atoms with van der Waals surface area (Å²) >= 11 is 0. The molecule has 0 radical (unpaired) electrons. The molecule has 0 saturated heterocycles. The highest BCUT2D eigenvalue weighted by molar-refractivity contribution is 5.84. The lowest BCUT2D eigenvalue weighted by Crippen LogP contribution is -2.13. The minimum Gasteiger partial charge on any atom is -0.261 e. The third-order valence-electron chi connectivity index (χ3n) is 5.28. The van der Waals surface area contributed by atoms with Gasteiger partial charge in [-0.1, -0.05) is 48.6 Å². The molecule has 0 spiro atoms. The van der Waals surface area contributed by atoms with Crippen LogP contribution in [0.5, 0.6) is 0 Å². The van der Waals surface area contributed by atoms with Gasteiger partial charge in [-0.2, -0.15) is 0 Å². The average Bonchev–Trinajstić information content (AvgIpc) is 2.67. The number of nitrogens with zero attached hydrogens (tertiary/aromatic N) is 2. The summed E-state index contributed by atoms with van der Waals surface area (Å²) in [6.07, 6.45) is 22.3. The van der Waals surface area contributed by atoms with Crippen molar-refractivity contribution in [3.05, 3.63) is 94.6 Å². The predicted octanol–water partition coefficient (Wildman–Crippen LogP) is 4.85. The fourth-order valence-electron chi connectivity index (χ4n) is 4.16. The van der Waals surface area contributed by atoms with Crippen LogP contribution >= 0.6 is 0 Å². The summed E-state index contributed by atoms with van der Waals surface area (Å²) in [7, 11) is 0. The van der Waals surface area contributed by atoms with Gasteiger partial charge < -0.3 is 0 Å². The summed E-state index contributed by atoms with van der Waals surface area (Å²) in [6.45, 7) is 0. The zero-order valence-corrected chi connectivity index (χ0v) is 13.4. The first kappa shape index (κ1) is 13.7. The Morgan fingerprint density at radius 2 is 2.08 bits per heavy atom. The van der Waals surface area contributed by atoms with Crippen LogP contribution < -0.4 is 0 Å². The van der Waals surface area contributed by atoms with E-state index in [1.807, 2.05) is 6.20 Å². The molecule has 2 heteroatoms. The maximum atomic E-state index is 4.51. The van der Waals surface area contributed by atoms with Crippen molar-refractivity contribution < 1.29 is 0 Å². The quantitative estimate of drug-likeness (QED) is 0.752. The largest absolute Gasteiger partial charge is 0.261 e. The van der Waals surface area contributed by atoms with Crippen LogP contribution in [0.15, 0.2) is 66.7 Å². The Morgan fingerprint density at radius 1 is 1.08 bits per heavy atom. The molecule has 2 aromatic rings. The van der Waals surface area contributed by atoms with Crippen LogP contribution in [0.2, 0.25) is 0 Å². The normalized spacial score (nSPS) is 20.6. The molecule has 116 valence electrons. The first-order chi connectivity index (χ1) is 11.9. The van der Waals surface area contributed by atoms with Gasteiger partial charge in [-0.15, -0.1) is 0 Å². The molecule has 5 rings (SSSR count). The van der Waals surface area contributed by atoms with Crippen molar-refractivity contribution in [2.75, 3.05) is 0 Å². The lowest BCUT2D eigenvalue weighted by molar-refractivity contribution is 0.804. The molecule has 3 aliphatic rings. The molecular formula is C22H18N2. The molecule has 24 heavy (non-hydrogen) atoms. The molecule has 0 saturated carbocycles. The third kappa shape index (κ3) is 2.03. The van der Waals surface area contributed by atoms with E-state index in [0.29, 0.717) is 5.92 Å². The number of benzene rings is 1. The van der Waals surface area contributed by atoms with Gasteiger partial charge in [0.1, 0.15) is 0 Å². The summed E-state index contributed by atoms with van der Waals surface area (Å²) < 4.78 is 0. The van der Waals surface area contributed by atoms with E-state index in [9.17, 15) is 0 Å². The van der Waals surface area contributed by atoms with Crippen molar-refractivity contribution >= 4 is 11.6 Å². The van der Waals surface area contributed by atoms with Crippen molar-refractivity contribution in [3.63, 3.8) is 0 Å². The first-order valence-corrected chi connectivity index (χ1v) is 8.59. The lowest BCUT2D eigenvalue weighted by atomic mass is 9.75. The van der Waals surface area contributed by atoms with Crippen molar-refractivity contribution in [1.29, 1.82) is 0 Å². The number of rotatable bonds is 1. The number of hydrogen-bond donors (Lipinski definition) is 0. The SMILES string of the molecule is C1=CCC2C(=C1)C=Cc1c2ccc2c1CCC=C2c1cnccn1. The van der Waals surface area contributed by atoms with E-state index in [-0.39, 0.29) is 0 Å². The summed E-state index contributed by atoms with van der Waals surface area (Å²) in [5, 5.41) is 0. The third-order valence-corrected chi connectivity index (χ3v) is 5.28. The molecule has 3 aliphatic carbocycles. The van der Waals surface area contributed by atoms with Crippen LogP contribution in [0.4, 0.5) is 0 Å². The van der Waals surface area contributed by atoms with Gasteiger partial charge in [0.2, 0.25) is 0 Å². The standard InChI is InChI=1S/C22H18N2/c1-2-5-16-15(4-1)8-9-19-17-6-3-7-21(20(17)11-10-18(16)19)22-14-23-12-13-24-22/h1-2,4,7-14,16H,3,5-6H2. The highest BCUT2D eigenvalue weighted by Gasteiger charge is 2.26. The summed E-state index contributed by atoms with van der Waals surface area (Å²) in [5.41, 5.74) is 9.34. The summed E-state index contributed by atoms with van der Waals surface area (Å²) in [5.74, 6) is 0.520. The fraction of sp³-hybridized carbons (Fsp3) is 0.182. The van der Waals surface area contributed by atoms with Crippen molar-refractivity contribution in [2.45, 2.75) is 25.2 Å². The van der Waals surface area contributed by atoms with E-state index in [0.717, 1.165) is 25.0 Å². The Hall–Kier alpha value is -2.74. The maximum absolute atomic E-state index is 4.51. The number of allylic oxidation sites excluding steroid dienone is 6. The van der Waals surface area contributed by atoms with E-state index in [2.05, 4.69) is 58.6 Å². The second kappa shape index (κ2) is 5.41. The topological polar surface area (TPSA) is 25.8 Å². The second-order valence-corrected chi connectivity index (χ2v) is 6.56. The highest BCUT2D eigenvalue weighted by Crippen LogP contribution is 2.43. The van der Waals surface area contributed by atoms with Crippen molar-refractivity contribution in [2.24, 2.45) is 0 Å². The van der Waals surface area contributed by atoms with Crippen LogP contribution in [-0.2, 0) is 6.42 Å². The van der Waals surface area contributed by atoms with Gasteiger partial charge in [0.15, 0.2) is 0 Å². The van der Waals surface area contributed by atoms with E-state index >= 15 is 0 Å². The molecule has 0 bridgehead atoms. The minimum atomic E-state index is 0.520. The zero-order chi connectivity index (χ0) is 15.9. The molecule has 0 aliphatic heterocycles. The van der Waals surface area contributed by atoms with Crippen LogP contribution in [0, 0.1) is 0 Å². The molecule has 0 N–H and O–H groups in total. The van der Waals surface area contributed by atoms with E-state index in [4.69, 9.17) is 0 Å². The molecule has 2 nitrogen and oxygen atoms in total. The zero-order valence-electron chi connectivity index (χ0n) is 13.4. The smallest absolute Gasteiger partial charge is 0.0888 e. The number of hydrogen-bond acceptors (Lipinski definition) is 2. The van der Waals surface area contributed by atoms with Crippen LogP contribution in [0.1, 0.15) is 46.7 Å². The molecule has 1 heterocycles. The molecule has 0 fully saturated rings. The monoisotopic (exact) mass is 310 g/mol. The van der Waals surface area contributed by atoms with Gasteiger partial charge in [0.05, 0.1) is 11.9 Å². The molecule has 1 aromatic heterocycles. The van der Waals surface area contributed by atoms with Gasteiger partial charge in [0, 0.05) is 23.9 Å². The van der Waals surface area contributed by atoms with E-state index < -0.39 is 0 Å². The second-order valence-electron chi connectivity index (χ2n) is 6.56. The average molecular weight is 310 g/mol. The predicted molar refractivity (Wildman–Crippen MR) is 97.5 cm³/mol.